The normalized spacial score (nSPS) is 27.6. The Hall–Kier alpha value is -2.30. The van der Waals surface area contributed by atoms with E-state index < -0.39 is 0 Å². The molecule has 0 aromatic heterocycles. The molecule has 1 amide bonds. The van der Waals surface area contributed by atoms with Crippen molar-refractivity contribution in [3.05, 3.63) is 35.6 Å². The predicted molar refractivity (Wildman–Crippen MR) is 120 cm³/mol. The molecule has 158 valence electrons. The lowest BCUT2D eigenvalue weighted by molar-refractivity contribution is -0.122. The number of amides is 1. The smallest absolute Gasteiger partial charge is 0.300 e. The standard InChI is InChI=1S/C24H35N3O2/c1-6-26(7-2)20-14-12-19(13-15-20)16-22-23(28)27(8-3)24(29-22)25-21-11-9-10-17(4)18(21)5/h12-18,21H,6-11H2,1-5H3/b22-16+,25-24?. The molecule has 2 aliphatic rings. The second-order valence-corrected chi connectivity index (χ2v) is 8.17. The van der Waals surface area contributed by atoms with Gasteiger partial charge in [-0.1, -0.05) is 38.8 Å². The summed E-state index contributed by atoms with van der Waals surface area (Å²) in [5.41, 5.74) is 2.15. The van der Waals surface area contributed by atoms with Gasteiger partial charge < -0.3 is 9.64 Å². The number of amidine groups is 1. The first-order valence-corrected chi connectivity index (χ1v) is 11.1. The lowest BCUT2D eigenvalue weighted by Crippen LogP contribution is -2.33. The van der Waals surface area contributed by atoms with Crippen LogP contribution in [0.25, 0.3) is 6.08 Å². The Bertz CT molecular complexity index is 765. The molecular formula is C24H35N3O2. The minimum atomic E-state index is -0.101. The van der Waals surface area contributed by atoms with Crippen molar-refractivity contribution in [2.24, 2.45) is 16.8 Å². The van der Waals surface area contributed by atoms with Gasteiger partial charge in [0.1, 0.15) is 0 Å². The molecule has 3 atom stereocenters. The van der Waals surface area contributed by atoms with Crippen LogP contribution in [0.5, 0.6) is 0 Å². The average molecular weight is 398 g/mol. The first-order chi connectivity index (χ1) is 14.0. The summed E-state index contributed by atoms with van der Waals surface area (Å²) in [5, 5.41) is 0. The lowest BCUT2D eigenvalue weighted by Gasteiger charge is -2.31. The molecule has 0 N–H and O–H groups in total. The molecule has 2 fully saturated rings. The fraction of sp³-hybridized carbons (Fsp3) is 0.583. The largest absolute Gasteiger partial charge is 0.420 e. The minimum Gasteiger partial charge on any atom is -0.420 e. The number of nitrogens with zero attached hydrogens (tertiary/aromatic N) is 3. The summed E-state index contributed by atoms with van der Waals surface area (Å²) in [6, 6.07) is 8.95. The van der Waals surface area contributed by atoms with E-state index in [0.717, 1.165) is 25.1 Å². The van der Waals surface area contributed by atoms with Crippen LogP contribution in [0.2, 0.25) is 0 Å². The van der Waals surface area contributed by atoms with Gasteiger partial charge in [-0.05, 0) is 62.8 Å². The van der Waals surface area contributed by atoms with Crippen LogP contribution >= 0.6 is 0 Å². The molecule has 0 bridgehead atoms. The Morgan fingerprint density at radius 2 is 1.83 bits per heavy atom. The number of carbonyl (C=O) groups excluding carboxylic acids is 1. The first-order valence-electron chi connectivity index (χ1n) is 11.1. The van der Waals surface area contributed by atoms with E-state index >= 15 is 0 Å². The van der Waals surface area contributed by atoms with Crippen molar-refractivity contribution in [3.63, 3.8) is 0 Å². The Kier molecular flexibility index (Phi) is 6.99. The molecule has 5 nitrogen and oxygen atoms in total. The summed E-state index contributed by atoms with van der Waals surface area (Å²) in [4.78, 5) is 21.7. The van der Waals surface area contributed by atoms with Crippen molar-refractivity contribution in [2.75, 3.05) is 24.5 Å². The Labute approximate surface area is 175 Å². The molecule has 0 spiro atoms. The fourth-order valence-corrected chi connectivity index (χ4v) is 4.28. The molecular weight excluding hydrogens is 362 g/mol. The minimum absolute atomic E-state index is 0.101. The summed E-state index contributed by atoms with van der Waals surface area (Å²) in [7, 11) is 0. The van der Waals surface area contributed by atoms with E-state index in [-0.39, 0.29) is 11.9 Å². The third-order valence-electron chi connectivity index (χ3n) is 6.46. The number of hydrogen-bond donors (Lipinski definition) is 0. The van der Waals surface area contributed by atoms with E-state index in [1.54, 1.807) is 4.90 Å². The third-order valence-corrected chi connectivity index (χ3v) is 6.46. The molecule has 0 radical (unpaired) electrons. The maximum absolute atomic E-state index is 12.9. The molecule has 1 heterocycles. The first kappa shape index (κ1) is 21.4. The van der Waals surface area contributed by atoms with Gasteiger partial charge in [0, 0.05) is 25.3 Å². The highest BCUT2D eigenvalue weighted by atomic mass is 16.5. The number of ether oxygens (including phenoxy) is 1. The number of rotatable bonds is 6. The molecule has 1 saturated carbocycles. The molecule has 3 rings (SSSR count). The van der Waals surface area contributed by atoms with E-state index in [2.05, 4.69) is 44.7 Å². The predicted octanol–water partition coefficient (Wildman–Crippen LogP) is 4.93. The zero-order valence-corrected chi connectivity index (χ0v) is 18.5. The van der Waals surface area contributed by atoms with Gasteiger partial charge in [-0.15, -0.1) is 0 Å². The summed E-state index contributed by atoms with van der Waals surface area (Å²) in [6.07, 6.45) is 5.34. The zero-order valence-electron chi connectivity index (χ0n) is 18.5. The van der Waals surface area contributed by atoms with Gasteiger partial charge in [-0.3, -0.25) is 9.69 Å². The van der Waals surface area contributed by atoms with Crippen molar-refractivity contribution < 1.29 is 9.53 Å². The number of benzene rings is 1. The van der Waals surface area contributed by atoms with E-state index in [9.17, 15) is 4.79 Å². The lowest BCUT2D eigenvalue weighted by atomic mass is 9.78. The summed E-state index contributed by atoms with van der Waals surface area (Å²) >= 11 is 0. The highest BCUT2D eigenvalue weighted by molar-refractivity contribution is 6.11. The van der Waals surface area contributed by atoms with Gasteiger partial charge in [0.05, 0.1) is 6.04 Å². The molecule has 1 aliphatic carbocycles. The Morgan fingerprint density at radius 3 is 2.45 bits per heavy atom. The maximum Gasteiger partial charge on any atom is 0.300 e. The molecule has 5 heteroatoms. The zero-order chi connectivity index (χ0) is 21.0. The molecule has 29 heavy (non-hydrogen) atoms. The van der Waals surface area contributed by atoms with Crippen molar-refractivity contribution in [1.29, 1.82) is 0 Å². The van der Waals surface area contributed by atoms with Gasteiger partial charge in [0.25, 0.3) is 5.91 Å². The average Bonchev–Trinajstić information content (AvgIpc) is 3.01. The SMILES string of the molecule is CCN1C(=O)/C(=C\c2ccc(N(CC)CC)cc2)OC1=NC1CCCC(C)C1C. The van der Waals surface area contributed by atoms with Crippen LogP contribution in [0, 0.1) is 11.8 Å². The molecule has 1 aliphatic heterocycles. The van der Waals surface area contributed by atoms with Crippen LogP contribution in [0.15, 0.2) is 35.0 Å². The highest BCUT2D eigenvalue weighted by Gasteiger charge is 2.36. The molecule has 1 saturated heterocycles. The topological polar surface area (TPSA) is 45.1 Å². The van der Waals surface area contributed by atoms with E-state index in [0.29, 0.717) is 30.2 Å². The van der Waals surface area contributed by atoms with Crippen molar-refractivity contribution >= 4 is 23.7 Å². The van der Waals surface area contributed by atoms with E-state index in [4.69, 9.17) is 9.73 Å². The van der Waals surface area contributed by atoms with Gasteiger partial charge in [0.15, 0.2) is 5.76 Å². The van der Waals surface area contributed by atoms with E-state index in [1.807, 2.05) is 25.1 Å². The third kappa shape index (κ3) is 4.65. The number of hydrogen-bond acceptors (Lipinski definition) is 4. The van der Waals surface area contributed by atoms with Crippen molar-refractivity contribution in [3.8, 4) is 0 Å². The number of aliphatic imine (C=N–C) groups is 1. The van der Waals surface area contributed by atoms with Crippen LogP contribution in [0.1, 0.15) is 59.4 Å². The quantitative estimate of drug-likeness (QED) is 0.639. The van der Waals surface area contributed by atoms with Gasteiger partial charge in [0.2, 0.25) is 0 Å². The van der Waals surface area contributed by atoms with Gasteiger partial charge in [-0.2, -0.15) is 0 Å². The number of carbonyl (C=O) groups is 1. The summed E-state index contributed by atoms with van der Waals surface area (Å²) in [6.45, 7) is 13.3. The Morgan fingerprint density at radius 1 is 1.14 bits per heavy atom. The van der Waals surface area contributed by atoms with Gasteiger partial charge in [-0.25, -0.2) is 4.99 Å². The van der Waals surface area contributed by atoms with Crippen LogP contribution in [-0.4, -0.2) is 42.5 Å². The van der Waals surface area contributed by atoms with Crippen molar-refractivity contribution in [2.45, 2.75) is 59.9 Å². The van der Waals surface area contributed by atoms with Crippen LogP contribution < -0.4 is 4.90 Å². The molecule has 1 aromatic carbocycles. The fourth-order valence-electron chi connectivity index (χ4n) is 4.28. The van der Waals surface area contributed by atoms with Crippen LogP contribution in [-0.2, 0) is 9.53 Å². The Balaban J connectivity index is 1.80. The highest BCUT2D eigenvalue weighted by Crippen LogP contribution is 2.32. The van der Waals surface area contributed by atoms with E-state index in [1.165, 1.54) is 18.5 Å². The molecule has 1 aromatic rings. The van der Waals surface area contributed by atoms with Crippen LogP contribution in [0.4, 0.5) is 5.69 Å². The number of likely N-dealkylation sites (N-methyl/N-ethyl adjacent to an activating group) is 1. The molecule has 3 unspecified atom stereocenters. The second-order valence-electron chi connectivity index (χ2n) is 8.17. The monoisotopic (exact) mass is 397 g/mol. The maximum atomic E-state index is 12.9. The van der Waals surface area contributed by atoms with Crippen LogP contribution in [0.3, 0.4) is 0 Å². The summed E-state index contributed by atoms with van der Waals surface area (Å²) in [5.74, 6) is 1.42. The van der Waals surface area contributed by atoms with Crippen molar-refractivity contribution in [1.82, 2.24) is 4.90 Å². The number of anilines is 1. The van der Waals surface area contributed by atoms with Gasteiger partial charge >= 0.3 is 6.02 Å². The summed E-state index contributed by atoms with van der Waals surface area (Å²) < 4.78 is 5.96. The second kappa shape index (κ2) is 9.47.